The van der Waals surface area contributed by atoms with E-state index >= 15 is 0 Å². The molecule has 0 saturated carbocycles. The highest BCUT2D eigenvalue weighted by molar-refractivity contribution is 9.11. The standard InChI is InChI=1S/C14H12Br2N2O2S/c1-9(20-11-4-2-10(15)3-5-11)14(19)18-17-8-12-6-7-13(16)21-12/h2-9H,1H3,(H,18,19)/b17-8-/t9-/m0/s1. The summed E-state index contributed by atoms with van der Waals surface area (Å²) in [4.78, 5) is 12.8. The Kier molecular flexibility index (Phi) is 5.96. The summed E-state index contributed by atoms with van der Waals surface area (Å²) >= 11 is 8.24. The fourth-order valence-electron chi connectivity index (χ4n) is 1.42. The van der Waals surface area contributed by atoms with E-state index in [2.05, 4.69) is 42.4 Å². The van der Waals surface area contributed by atoms with Gasteiger partial charge in [-0.05, 0) is 59.3 Å². The summed E-state index contributed by atoms with van der Waals surface area (Å²) in [5.74, 6) is 0.330. The molecule has 1 aromatic carbocycles. The first-order valence-electron chi connectivity index (χ1n) is 6.05. The van der Waals surface area contributed by atoms with Gasteiger partial charge in [0.1, 0.15) is 5.75 Å². The van der Waals surface area contributed by atoms with E-state index in [4.69, 9.17) is 4.74 Å². The van der Waals surface area contributed by atoms with Gasteiger partial charge in [0.15, 0.2) is 6.10 Å². The Morgan fingerprint density at radius 3 is 2.62 bits per heavy atom. The first-order chi connectivity index (χ1) is 10.0. The summed E-state index contributed by atoms with van der Waals surface area (Å²) in [6, 6.07) is 11.1. The van der Waals surface area contributed by atoms with Crippen LogP contribution in [0.25, 0.3) is 0 Å². The average molecular weight is 432 g/mol. The molecule has 0 fully saturated rings. The van der Waals surface area contributed by atoms with Crippen LogP contribution < -0.4 is 10.2 Å². The maximum absolute atomic E-state index is 11.8. The van der Waals surface area contributed by atoms with Crippen LogP contribution in [0, 0.1) is 0 Å². The Hall–Kier alpha value is -1.18. The van der Waals surface area contributed by atoms with Crippen molar-refractivity contribution >= 4 is 55.3 Å². The number of carbonyl (C=O) groups excluding carboxylic acids is 1. The fraction of sp³-hybridized carbons (Fsp3) is 0.143. The number of thiophene rings is 1. The van der Waals surface area contributed by atoms with Crippen molar-refractivity contribution in [2.24, 2.45) is 5.10 Å². The summed E-state index contributed by atoms with van der Waals surface area (Å²) in [5.41, 5.74) is 2.46. The third-order valence-electron chi connectivity index (χ3n) is 2.46. The first-order valence-corrected chi connectivity index (χ1v) is 8.45. The van der Waals surface area contributed by atoms with Crippen molar-refractivity contribution in [3.05, 3.63) is 49.5 Å². The highest BCUT2D eigenvalue weighted by Gasteiger charge is 2.13. The van der Waals surface area contributed by atoms with E-state index in [0.717, 1.165) is 13.1 Å². The van der Waals surface area contributed by atoms with Gasteiger partial charge in [0.05, 0.1) is 10.0 Å². The Morgan fingerprint density at radius 2 is 2.00 bits per heavy atom. The summed E-state index contributed by atoms with van der Waals surface area (Å²) < 4.78 is 7.50. The Labute approximate surface area is 143 Å². The molecule has 1 N–H and O–H groups in total. The zero-order chi connectivity index (χ0) is 15.2. The molecule has 0 spiro atoms. The smallest absolute Gasteiger partial charge is 0.280 e. The predicted molar refractivity (Wildman–Crippen MR) is 92.0 cm³/mol. The van der Waals surface area contributed by atoms with Gasteiger partial charge >= 0.3 is 0 Å². The predicted octanol–water partition coefficient (Wildman–Crippen LogP) is 4.19. The second kappa shape index (κ2) is 7.72. The molecule has 110 valence electrons. The van der Waals surface area contributed by atoms with Crippen LogP contribution in [-0.2, 0) is 4.79 Å². The second-order valence-electron chi connectivity index (χ2n) is 4.09. The number of nitrogens with zero attached hydrogens (tertiary/aromatic N) is 1. The number of ether oxygens (including phenoxy) is 1. The van der Waals surface area contributed by atoms with Crippen LogP contribution >= 0.6 is 43.2 Å². The molecule has 0 aliphatic heterocycles. The summed E-state index contributed by atoms with van der Waals surface area (Å²) in [6.45, 7) is 1.68. The third kappa shape index (κ3) is 5.26. The minimum absolute atomic E-state index is 0.301. The molecule has 0 saturated heterocycles. The maximum atomic E-state index is 11.8. The molecule has 0 aliphatic carbocycles. The van der Waals surface area contributed by atoms with Crippen LogP contribution in [0.4, 0.5) is 0 Å². The second-order valence-corrected chi connectivity index (χ2v) is 7.50. The van der Waals surface area contributed by atoms with E-state index in [1.165, 1.54) is 11.3 Å². The lowest BCUT2D eigenvalue weighted by atomic mass is 10.3. The number of benzene rings is 1. The van der Waals surface area contributed by atoms with Gasteiger partial charge in [0.2, 0.25) is 0 Å². The monoisotopic (exact) mass is 430 g/mol. The molecule has 0 aliphatic rings. The van der Waals surface area contributed by atoms with Crippen LogP contribution in [0.5, 0.6) is 5.75 Å². The van der Waals surface area contributed by atoms with Crippen molar-refractivity contribution in [2.45, 2.75) is 13.0 Å². The number of rotatable bonds is 5. The molecule has 1 atom stereocenters. The van der Waals surface area contributed by atoms with Crippen molar-refractivity contribution in [1.82, 2.24) is 5.43 Å². The fourth-order valence-corrected chi connectivity index (χ4v) is 2.98. The van der Waals surface area contributed by atoms with Gasteiger partial charge in [-0.2, -0.15) is 5.10 Å². The van der Waals surface area contributed by atoms with Gasteiger partial charge in [0.25, 0.3) is 5.91 Å². The number of carbonyl (C=O) groups is 1. The number of amides is 1. The molecule has 1 amide bonds. The highest BCUT2D eigenvalue weighted by Crippen LogP contribution is 2.20. The number of hydrazone groups is 1. The van der Waals surface area contributed by atoms with Crippen LogP contribution in [0.1, 0.15) is 11.8 Å². The van der Waals surface area contributed by atoms with E-state index in [1.807, 2.05) is 24.3 Å². The van der Waals surface area contributed by atoms with Crippen molar-refractivity contribution < 1.29 is 9.53 Å². The minimum Gasteiger partial charge on any atom is -0.481 e. The lowest BCUT2D eigenvalue weighted by Crippen LogP contribution is -2.33. The van der Waals surface area contributed by atoms with E-state index < -0.39 is 6.10 Å². The van der Waals surface area contributed by atoms with Crippen LogP contribution in [-0.4, -0.2) is 18.2 Å². The molecule has 21 heavy (non-hydrogen) atoms. The molecule has 0 radical (unpaired) electrons. The molecule has 1 aromatic heterocycles. The van der Waals surface area contributed by atoms with Crippen molar-refractivity contribution in [1.29, 1.82) is 0 Å². The normalized spacial score (nSPS) is 12.3. The van der Waals surface area contributed by atoms with Gasteiger partial charge in [0, 0.05) is 9.35 Å². The molecular formula is C14H12Br2N2O2S. The minimum atomic E-state index is -0.626. The number of nitrogens with one attached hydrogen (secondary N) is 1. The largest absolute Gasteiger partial charge is 0.481 e. The number of halogens is 2. The van der Waals surface area contributed by atoms with Crippen molar-refractivity contribution in [3.8, 4) is 5.75 Å². The van der Waals surface area contributed by atoms with Crippen LogP contribution in [0.3, 0.4) is 0 Å². The Bertz CT molecular complexity index is 641. The lowest BCUT2D eigenvalue weighted by molar-refractivity contribution is -0.127. The zero-order valence-corrected chi connectivity index (χ0v) is 15.0. The van der Waals surface area contributed by atoms with Gasteiger partial charge < -0.3 is 4.74 Å². The SMILES string of the molecule is C[C@H](Oc1ccc(Br)cc1)C(=O)N/N=C\c1ccc(Br)s1. The van der Waals surface area contributed by atoms with Gasteiger partial charge in [-0.25, -0.2) is 5.43 Å². The summed E-state index contributed by atoms with van der Waals surface area (Å²) in [6.07, 6.45) is 0.970. The Morgan fingerprint density at radius 1 is 1.29 bits per heavy atom. The molecular weight excluding hydrogens is 420 g/mol. The number of hydrogen-bond acceptors (Lipinski definition) is 4. The Balaban J connectivity index is 1.85. The number of hydrogen-bond donors (Lipinski definition) is 1. The molecule has 2 rings (SSSR count). The molecule has 0 unspecified atom stereocenters. The van der Waals surface area contributed by atoms with Crippen LogP contribution in [0.15, 0.2) is 49.8 Å². The van der Waals surface area contributed by atoms with E-state index in [0.29, 0.717) is 5.75 Å². The zero-order valence-electron chi connectivity index (χ0n) is 11.0. The van der Waals surface area contributed by atoms with E-state index in [9.17, 15) is 4.79 Å². The molecule has 7 heteroatoms. The van der Waals surface area contributed by atoms with Crippen molar-refractivity contribution in [3.63, 3.8) is 0 Å². The van der Waals surface area contributed by atoms with E-state index in [-0.39, 0.29) is 5.91 Å². The lowest BCUT2D eigenvalue weighted by Gasteiger charge is -2.12. The van der Waals surface area contributed by atoms with Crippen molar-refractivity contribution in [2.75, 3.05) is 0 Å². The topological polar surface area (TPSA) is 50.7 Å². The van der Waals surface area contributed by atoms with Gasteiger partial charge in [-0.15, -0.1) is 11.3 Å². The highest BCUT2D eigenvalue weighted by atomic mass is 79.9. The quantitative estimate of drug-likeness (QED) is 0.569. The molecule has 4 nitrogen and oxygen atoms in total. The molecule has 2 aromatic rings. The summed E-state index contributed by atoms with van der Waals surface area (Å²) in [5, 5.41) is 3.91. The van der Waals surface area contributed by atoms with Gasteiger partial charge in [-0.1, -0.05) is 15.9 Å². The average Bonchev–Trinajstić information content (AvgIpc) is 2.87. The summed E-state index contributed by atoms with van der Waals surface area (Å²) in [7, 11) is 0. The third-order valence-corrected chi connectivity index (χ3v) is 4.54. The molecule has 1 heterocycles. The first kappa shape index (κ1) is 16.2. The van der Waals surface area contributed by atoms with E-state index in [1.54, 1.807) is 25.3 Å². The van der Waals surface area contributed by atoms with Crippen LogP contribution in [0.2, 0.25) is 0 Å². The van der Waals surface area contributed by atoms with Gasteiger partial charge in [-0.3, -0.25) is 4.79 Å². The maximum Gasteiger partial charge on any atom is 0.280 e. The molecule has 0 bridgehead atoms.